The van der Waals surface area contributed by atoms with Gasteiger partial charge in [-0.3, -0.25) is 0 Å². The van der Waals surface area contributed by atoms with Crippen LogP contribution in [0.15, 0.2) is 0 Å². The van der Waals surface area contributed by atoms with Gasteiger partial charge in [-0.2, -0.15) is 0 Å². The Hall–Kier alpha value is -0.640. The van der Waals surface area contributed by atoms with Crippen LogP contribution >= 0.6 is 0 Å². The fourth-order valence-corrected chi connectivity index (χ4v) is 4.87. The fraction of sp³-hybridized carbons (Fsp3) is 1.00. The van der Waals surface area contributed by atoms with Crippen LogP contribution in [0.25, 0.3) is 0 Å². The summed E-state index contributed by atoms with van der Waals surface area (Å²) in [5, 5.41) is 92.3. The largest absolute Gasteiger partial charge is 0.393 e. The average molecular weight is 559 g/mol. The Kier molecular flexibility index (Phi) is 9.63. The van der Waals surface area contributed by atoms with Crippen molar-refractivity contribution in [3.63, 3.8) is 0 Å². The van der Waals surface area contributed by atoms with Gasteiger partial charge in [-0.15, -0.1) is 0 Å². The first-order valence-electron chi connectivity index (χ1n) is 12.4. The maximum atomic E-state index is 10.8. The van der Waals surface area contributed by atoms with Gasteiger partial charge in [-0.25, -0.2) is 0 Å². The number of aliphatic hydroxyl groups is 9. The van der Waals surface area contributed by atoms with Crippen molar-refractivity contribution in [3.05, 3.63) is 0 Å². The van der Waals surface area contributed by atoms with Gasteiger partial charge in [0, 0.05) is 0 Å². The molecule has 4 aliphatic rings. The first-order valence-corrected chi connectivity index (χ1v) is 12.4. The van der Waals surface area contributed by atoms with Crippen molar-refractivity contribution in [3.8, 4) is 0 Å². The molecule has 0 aliphatic carbocycles. The van der Waals surface area contributed by atoms with Gasteiger partial charge >= 0.3 is 0 Å². The molecule has 16 heteroatoms. The Morgan fingerprint density at radius 2 is 1.26 bits per heavy atom. The van der Waals surface area contributed by atoms with Crippen LogP contribution in [0, 0.1) is 0 Å². The van der Waals surface area contributed by atoms with Gasteiger partial charge in [0.1, 0.15) is 66.6 Å². The Bertz CT molecular complexity index is 776. The van der Waals surface area contributed by atoms with Crippen LogP contribution in [0.1, 0.15) is 13.8 Å². The lowest BCUT2D eigenvalue weighted by molar-refractivity contribution is -0.363. The number of aliphatic hydroxyl groups excluding tert-OH is 8. The number of rotatable bonds is 7. The van der Waals surface area contributed by atoms with Crippen LogP contribution in [-0.2, 0) is 33.2 Å². The molecule has 222 valence electrons. The molecule has 9 N–H and O–H groups in total. The average Bonchev–Trinajstić information content (AvgIpc) is 3.17. The SMILES string of the molecule is CC1OCC(O)C(O)C1OC1OC(C)C(OC2OCC(O)C(OC3OCC(O)(CO)C3O)C2O)C(O)C1O. The van der Waals surface area contributed by atoms with Crippen LogP contribution in [-0.4, -0.2) is 170 Å². The van der Waals surface area contributed by atoms with Gasteiger partial charge in [0.15, 0.2) is 18.9 Å². The number of hydrogen-bond acceptors (Lipinski definition) is 16. The van der Waals surface area contributed by atoms with E-state index in [1.807, 2.05) is 0 Å². The zero-order valence-electron chi connectivity index (χ0n) is 20.9. The lowest BCUT2D eigenvalue weighted by atomic mass is 9.97. The third kappa shape index (κ3) is 5.87. The molecule has 0 aromatic heterocycles. The van der Waals surface area contributed by atoms with Gasteiger partial charge in [0.2, 0.25) is 0 Å². The molecule has 4 aliphatic heterocycles. The van der Waals surface area contributed by atoms with Gasteiger partial charge in [0.05, 0.1) is 38.6 Å². The summed E-state index contributed by atoms with van der Waals surface area (Å²) in [7, 11) is 0. The molecule has 0 amide bonds. The van der Waals surface area contributed by atoms with E-state index in [0.29, 0.717) is 0 Å². The van der Waals surface area contributed by atoms with Crippen LogP contribution in [0.5, 0.6) is 0 Å². The van der Waals surface area contributed by atoms with Crippen LogP contribution < -0.4 is 0 Å². The predicted molar refractivity (Wildman–Crippen MR) is 118 cm³/mol. The molecule has 0 aromatic carbocycles. The van der Waals surface area contributed by atoms with Crippen LogP contribution in [0.4, 0.5) is 0 Å². The Morgan fingerprint density at radius 3 is 1.92 bits per heavy atom. The lowest BCUT2D eigenvalue weighted by Crippen LogP contribution is -2.64. The summed E-state index contributed by atoms with van der Waals surface area (Å²) in [6.07, 6.45) is -20.3. The van der Waals surface area contributed by atoms with E-state index in [4.69, 9.17) is 33.2 Å². The molecule has 4 fully saturated rings. The van der Waals surface area contributed by atoms with Gasteiger partial charge in [-0.1, -0.05) is 0 Å². The topological polar surface area (TPSA) is 247 Å². The highest BCUT2D eigenvalue weighted by Crippen LogP contribution is 2.32. The highest BCUT2D eigenvalue weighted by molar-refractivity contribution is 4.96. The highest BCUT2D eigenvalue weighted by Gasteiger charge is 2.53. The van der Waals surface area contributed by atoms with E-state index in [9.17, 15) is 46.0 Å². The first-order chi connectivity index (χ1) is 17.9. The van der Waals surface area contributed by atoms with Crippen LogP contribution in [0.3, 0.4) is 0 Å². The van der Waals surface area contributed by atoms with Crippen molar-refractivity contribution in [2.24, 2.45) is 0 Å². The minimum absolute atomic E-state index is 0.0948. The summed E-state index contributed by atoms with van der Waals surface area (Å²) in [4.78, 5) is 0. The highest BCUT2D eigenvalue weighted by atomic mass is 16.8. The Morgan fingerprint density at radius 1 is 0.658 bits per heavy atom. The second-order valence-electron chi connectivity index (χ2n) is 10.2. The van der Waals surface area contributed by atoms with E-state index >= 15 is 0 Å². The molecule has 38 heavy (non-hydrogen) atoms. The molecule has 4 heterocycles. The van der Waals surface area contributed by atoms with Crippen molar-refractivity contribution in [1.82, 2.24) is 0 Å². The van der Waals surface area contributed by atoms with E-state index in [1.54, 1.807) is 6.92 Å². The van der Waals surface area contributed by atoms with Crippen molar-refractivity contribution in [2.45, 2.75) is 112 Å². The van der Waals surface area contributed by atoms with Crippen LogP contribution in [0.2, 0.25) is 0 Å². The summed E-state index contributed by atoms with van der Waals surface area (Å²) in [5.41, 5.74) is -1.98. The summed E-state index contributed by atoms with van der Waals surface area (Å²) < 4.78 is 38.4. The van der Waals surface area contributed by atoms with Gasteiger partial charge in [-0.05, 0) is 13.8 Å². The summed E-state index contributed by atoms with van der Waals surface area (Å²) >= 11 is 0. The monoisotopic (exact) mass is 558 g/mol. The lowest BCUT2D eigenvalue weighted by Gasteiger charge is -2.46. The normalized spacial score (nSPS) is 54.2. The molecule has 4 saturated heterocycles. The molecule has 4 rings (SSSR count). The summed E-state index contributed by atoms with van der Waals surface area (Å²) in [6.45, 7) is 1.37. The predicted octanol–water partition coefficient (Wildman–Crippen LogP) is -5.73. The molecule has 0 saturated carbocycles. The van der Waals surface area contributed by atoms with E-state index in [-0.39, 0.29) is 13.2 Å². The Labute approximate surface area is 217 Å². The molecular weight excluding hydrogens is 520 g/mol. The van der Waals surface area contributed by atoms with Crippen molar-refractivity contribution >= 4 is 0 Å². The molecule has 16 nitrogen and oxygen atoms in total. The van der Waals surface area contributed by atoms with Crippen molar-refractivity contribution in [2.75, 3.05) is 26.4 Å². The molecule has 0 radical (unpaired) electrons. The molecule has 0 spiro atoms. The quantitative estimate of drug-likeness (QED) is 0.141. The minimum atomic E-state index is -1.98. The zero-order valence-corrected chi connectivity index (χ0v) is 20.9. The molecular formula is C22H38O16. The van der Waals surface area contributed by atoms with E-state index < -0.39 is 111 Å². The minimum Gasteiger partial charge on any atom is -0.393 e. The third-order valence-corrected chi connectivity index (χ3v) is 7.38. The summed E-state index contributed by atoms with van der Waals surface area (Å²) in [5.74, 6) is 0. The summed E-state index contributed by atoms with van der Waals surface area (Å²) in [6, 6.07) is 0. The first kappa shape index (κ1) is 30.3. The second kappa shape index (κ2) is 12.1. The number of hydrogen-bond donors (Lipinski definition) is 9. The fourth-order valence-electron chi connectivity index (χ4n) is 4.87. The molecule has 0 bridgehead atoms. The zero-order chi connectivity index (χ0) is 27.9. The van der Waals surface area contributed by atoms with E-state index in [2.05, 4.69) is 0 Å². The molecule has 16 unspecified atom stereocenters. The van der Waals surface area contributed by atoms with E-state index in [0.717, 1.165) is 0 Å². The smallest absolute Gasteiger partial charge is 0.187 e. The van der Waals surface area contributed by atoms with E-state index in [1.165, 1.54) is 6.92 Å². The molecule has 0 aromatic rings. The maximum absolute atomic E-state index is 10.8. The van der Waals surface area contributed by atoms with Gasteiger partial charge < -0.3 is 79.1 Å². The maximum Gasteiger partial charge on any atom is 0.187 e. The van der Waals surface area contributed by atoms with Crippen molar-refractivity contribution in [1.29, 1.82) is 0 Å². The Balaban J connectivity index is 1.37. The standard InChI is InChI=1S/C22H38O16/c1-7-15(11(26)9(24)3-32-7)37-20-13(28)12(27)16(8(2)35-20)36-19-14(29)17(10(25)4-33-19)38-21-18(30)22(31,5-23)6-34-21/h7-21,23-31H,3-6H2,1-2H3. The van der Waals surface area contributed by atoms with Gasteiger partial charge in [0.25, 0.3) is 0 Å². The third-order valence-electron chi connectivity index (χ3n) is 7.38. The van der Waals surface area contributed by atoms with Crippen molar-refractivity contribution < 1.29 is 79.1 Å². The number of ether oxygens (including phenoxy) is 7. The second-order valence-corrected chi connectivity index (χ2v) is 10.2. The molecule has 16 atom stereocenters.